The van der Waals surface area contributed by atoms with Gasteiger partial charge in [-0.3, -0.25) is 9.69 Å². The van der Waals surface area contributed by atoms with Crippen molar-refractivity contribution in [3.05, 3.63) is 0 Å². The summed E-state index contributed by atoms with van der Waals surface area (Å²) in [4.78, 5) is 14.9. The molecule has 0 aromatic heterocycles. The number of amides is 1. The van der Waals surface area contributed by atoms with Gasteiger partial charge in [-0.15, -0.1) is 0 Å². The third-order valence-electron chi connectivity index (χ3n) is 2.88. The maximum atomic E-state index is 12.3. The first-order chi connectivity index (χ1) is 8.13. The highest BCUT2D eigenvalue weighted by atomic mass is 19.3. The predicted octanol–water partition coefficient (Wildman–Crippen LogP) is 0.558. The fourth-order valence-corrected chi connectivity index (χ4v) is 2.01. The van der Waals surface area contributed by atoms with E-state index < -0.39 is 13.0 Å². The van der Waals surface area contributed by atoms with Gasteiger partial charge in [0.25, 0.3) is 6.43 Å². The second-order valence-electron chi connectivity index (χ2n) is 4.29. The van der Waals surface area contributed by atoms with Gasteiger partial charge in [0.05, 0.1) is 19.7 Å². The molecule has 17 heavy (non-hydrogen) atoms. The zero-order chi connectivity index (χ0) is 12.7. The summed E-state index contributed by atoms with van der Waals surface area (Å²) in [7, 11) is 0. The van der Waals surface area contributed by atoms with Crippen molar-refractivity contribution in [1.29, 1.82) is 0 Å². The van der Waals surface area contributed by atoms with Crippen LogP contribution in [0, 0.1) is 0 Å². The van der Waals surface area contributed by atoms with Crippen LogP contribution in [-0.4, -0.2) is 66.6 Å². The van der Waals surface area contributed by atoms with Gasteiger partial charge in [-0.05, 0) is 19.3 Å². The molecule has 0 bridgehead atoms. The highest BCUT2D eigenvalue weighted by Crippen LogP contribution is 2.09. The molecule has 4 nitrogen and oxygen atoms in total. The number of carbonyl (C=O) groups excluding carboxylic acids is 1. The first-order valence-electron chi connectivity index (χ1n) is 6.02. The minimum atomic E-state index is -2.48. The second kappa shape index (κ2) is 7.55. The number of alkyl halides is 2. The molecule has 0 aliphatic carbocycles. The Morgan fingerprint density at radius 3 is 2.47 bits per heavy atom. The van der Waals surface area contributed by atoms with Gasteiger partial charge in [0.1, 0.15) is 0 Å². The fourth-order valence-electron chi connectivity index (χ4n) is 2.01. The summed E-state index contributed by atoms with van der Waals surface area (Å²) in [5, 5.41) is 8.76. The molecule has 0 unspecified atom stereocenters. The molecule has 0 aromatic carbocycles. The van der Waals surface area contributed by atoms with Gasteiger partial charge < -0.3 is 10.0 Å². The van der Waals surface area contributed by atoms with E-state index in [1.165, 1.54) is 4.90 Å². The van der Waals surface area contributed by atoms with Crippen molar-refractivity contribution in [2.45, 2.75) is 25.7 Å². The van der Waals surface area contributed by atoms with Crippen molar-refractivity contribution in [3.8, 4) is 0 Å². The molecule has 1 amide bonds. The number of aliphatic hydroxyl groups excluding tert-OH is 1. The Bertz CT molecular complexity index is 234. The van der Waals surface area contributed by atoms with E-state index in [1.807, 2.05) is 0 Å². The third-order valence-corrected chi connectivity index (χ3v) is 2.88. The van der Waals surface area contributed by atoms with E-state index in [2.05, 4.69) is 0 Å². The summed E-state index contributed by atoms with van der Waals surface area (Å²) >= 11 is 0. The first-order valence-corrected chi connectivity index (χ1v) is 6.02. The van der Waals surface area contributed by atoms with Crippen LogP contribution in [-0.2, 0) is 4.79 Å². The number of hydrogen-bond acceptors (Lipinski definition) is 3. The highest BCUT2D eigenvalue weighted by Gasteiger charge is 2.20. The molecule has 1 heterocycles. The highest BCUT2D eigenvalue weighted by molar-refractivity contribution is 5.78. The molecule has 1 rings (SSSR count). The van der Waals surface area contributed by atoms with Crippen LogP contribution in [0.3, 0.4) is 0 Å². The molecule has 0 atom stereocenters. The number of nitrogens with zero attached hydrogens (tertiary/aromatic N) is 2. The van der Waals surface area contributed by atoms with Gasteiger partial charge >= 0.3 is 0 Å². The van der Waals surface area contributed by atoms with Crippen LogP contribution in [0.25, 0.3) is 0 Å². The summed E-state index contributed by atoms with van der Waals surface area (Å²) in [5.41, 5.74) is 0. The molecule has 1 N–H and O–H groups in total. The quantitative estimate of drug-likeness (QED) is 0.749. The minimum Gasteiger partial charge on any atom is -0.395 e. The van der Waals surface area contributed by atoms with E-state index in [9.17, 15) is 13.6 Å². The lowest BCUT2D eigenvalue weighted by Crippen LogP contribution is -2.44. The number of carbonyl (C=O) groups is 1. The Morgan fingerprint density at radius 2 is 1.94 bits per heavy atom. The number of piperidine rings is 1. The third kappa shape index (κ3) is 5.41. The summed E-state index contributed by atoms with van der Waals surface area (Å²) in [6.45, 7) is 0.871. The van der Waals surface area contributed by atoms with E-state index in [0.29, 0.717) is 0 Å². The van der Waals surface area contributed by atoms with Crippen molar-refractivity contribution in [2.24, 2.45) is 0 Å². The van der Waals surface area contributed by atoms with Gasteiger partial charge in [-0.2, -0.15) is 0 Å². The molecule has 0 aromatic rings. The topological polar surface area (TPSA) is 43.8 Å². The summed E-state index contributed by atoms with van der Waals surface area (Å²) < 4.78 is 24.5. The summed E-state index contributed by atoms with van der Waals surface area (Å²) in [6, 6.07) is 0. The normalized spacial score (nSPS) is 16.9. The van der Waals surface area contributed by atoms with E-state index in [-0.39, 0.29) is 25.6 Å². The smallest absolute Gasteiger partial charge is 0.251 e. The first kappa shape index (κ1) is 14.3. The largest absolute Gasteiger partial charge is 0.395 e. The van der Waals surface area contributed by atoms with Crippen LogP contribution < -0.4 is 0 Å². The molecular formula is C11H20F2N2O2. The average molecular weight is 250 g/mol. The molecular weight excluding hydrogens is 230 g/mol. The zero-order valence-corrected chi connectivity index (χ0v) is 9.95. The van der Waals surface area contributed by atoms with Gasteiger partial charge in [0, 0.05) is 19.6 Å². The monoisotopic (exact) mass is 250 g/mol. The van der Waals surface area contributed by atoms with E-state index in [0.717, 1.165) is 32.4 Å². The SMILES string of the molecule is O=C(CN(CCO)CC(F)F)N1CCCCC1. The van der Waals surface area contributed by atoms with Crippen molar-refractivity contribution >= 4 is 5.91 Å². The van der Waals surface area contributed by atoms with Crippen LogP contribution >= 0.6 is 0 Å². The van der Waals surface area contributed by atoms with Crippen LogP contribution in [0.15, 0.2) is 0 Å². The van der Waals surface area contributed by atoms with Crippen LogP contribution in [0.4, 0.5) is 8.78 Å². The van der Waals surface area contributed by atoms with Crippen molar-refractivity contribution in [3.63, 3.8) is 0 Å². The molecule has 1 saturated heterocycles. The van der Waals surface area contributed by atoms with Crippen molar-refractivity contribution < 1.29 is 18.7 Å². The van der Waals surface area contributed by atoms with E-state index in [4.69, 9.17) is 5.11 Å². The Morgan fingerprint density at radius 1 is 1.29 bits per heavy atom. The second-order valence-corrected chi connectivity index (χ2v) is 4.29. The lowest BCUT2D eigenvalue weighted by Gasteiger charge is -2.29. The maximum absolute atomic E-state index is 12.3. The number of rotatable bonds is 6. The number of aliphatic hydroxyl groups is 1. The minimum absolute atomic E-state index is 0.0229. The molecule has 1 aliphatic heterocycles. The van der Waals surface area contributed by atoms with Gasteiger partial charge in [0.15, 0.2) is 0 Å². The lowest BCUT2D eigenvalue weighted by molar-refractivity contribution is -0.133. The number of likely N-dealkylation sites (tertiary alicyclic amines) is 1. The lowest BCUT2D eigenvalue weighted by atomic mass is 10.1. The van der Waals surface area contributed by atoms with Gasteiger partial charge in [0.2, 0.25) is 5.91 Å². The molecule has 6 heteroatoms. The van der Waals surface area contributed by atoms with E-state index >= 15 is 0 Å². The standard InChI is InChI=1S/C11H20F2N2O2/c12-10(13)8-14(6-7-16)9-11(17)15-4-2-1-3-5-15/h10,16H,1-9H2. The van der Waals surface area contributed by atoms with Gasteiger partial charge in [-0.1, -0.05) is 0 Å². The molecule has 100 valence electrons. The molecule has 1 aliphatic rings. The number of halogens is 2. The Hall–Kier alpha value is -0.750. The van der Waals surface area contributed by atoms with Crippen molar-refractivity contribution in [1.82, 2.24) is 9.80 Å². The molecule has 0 spiro atoms. The maximum Gasteiger partial charge on any atom is 0.251 e. The van der Waals surface area contributed by atoms with Crippen LogP contribution in [0.1, 0.15) is 19.3 Å². The number of hydrogen-bond donors (Lipinski definition) is 1. The van der Waals surface area contributed by atoms with Crippen LogP contribution in [0.5, 0.6) is 0 Å². The Balaban J connectivity index is 2.38. The molecule has 0 radical (unpaired) electrons. The van der Waals surface area contributed by atoms with Gasteiger partial charge in [-0.25, -0.2) is 8.78 Å². The predicted molar refractivity (Wildman–Crippen MR) is 60.0 cm³/mol. The van der Waals surface area contributed by atoms with Crippen molar-refractivity contribution in [2.75, 3.05) is 39.3 Å². The Kier molecular flexibility index (Phi) is 6.36. The summed E-state index contributed by atoms with van der Waals surface area (Å²) in [5.74, 6) is -0.112. The fraction of sp³-hybridized carbons (Fsp3) is 0.909. The zero-order valence-electron chi connectivity index (χ0n) is 9.95. The van der Waals surface area contributed by atoms with Crippen LogP contribution in [0.2, 0.25) is 0 Å². The molecule has 0 saturated carbocycles. The molecule has 1 fully saturated rings. The average Bonchev–Trinajstić information content (AvgIpc) is 2.29. The van der Waals surface area contributed by atoms with E-state index in [1.54, 1.807) is 4.90 Å². The summed E-state index contributed by atoms with van der Waals surface area (Å²) in [6.07, 6.45) is 0.623. The Labute approximate surface area is 100 Å².